The molecule has 1 aliphatic heterocycles. The Bertz CT molecular complexity index is 742. The van der Waals surface area contributed by atoms with E-state index in [-0.39, 0.29) is 5.91 Å². The molecule has 27 heavy (non-hydrogen) atoms. The first-order valence-corrected chi connectivity index (χ1v) is 11.0. The van der Waals surface area contributed by atoms with Crippen molar-refractivity contribution in [3.8, 4) is 0 Å². The SMILES string of the molecule is Cc1cccc(CSCC(=O)NC2CCN(Cc3ccc(Cl)cc3)CC2)c1. The predicted octanol–water partition coefficient (Wildman–Crippen LogP) is 4.66. The van der Waals surface area contributed by atoms with Gasteiger partial charge in [-0.15, -0.1) is 11.8 Å². The third-order valence-corrected chi connectivity index (χ3v) is 6.11. The Morgan fingerprint density at radius 3 is 2.59 bits per heavy atom. The first-order valence-electron chi connectivity index (χ1n) is 9.48. The Hall–Kier alpha value is -1.49. The molecule has 0 saturated carbocycles. The molecule has 0 unspecified atom stereocenters. The number of halogens is 1. The van der Waals surface area contributed by atoms with Gasteiger partial charge in [-0.05, 0) is 43.0 Å². The molecule has 0 spiro atoms. The van der Waals surface area contributed by atoms with Gasteiger partial charge in [0.15, 0.2) is 0 Å². The zero-order valence-electron chi connectivity index (χ0n) is 15.8. The van der Waals surface area contributed by atoms with E-state index in [9.17, 15) is 4.79 Å². The number of carbonyl (C=O) groups excluding carboxylic acids is 1. The molecule has 0 radical (unpaired) electrons. The van der Waals surface area contributed by atoms with Crippen molar-refractivity contribution in [2.24, 2.45) is 0 Å². The average Bonchev–Trinajstić information content (AvgIpc) is 2.65. The Balaban J connectivity index is 1.33. The molecule has 3 rings (SSSR count). The van der Waals surface area contributed by atoms with Gasteiger partial charge in [-0.25, -0.2) is 0 Å². The van der Waals surface area contributed by atoms with Crippen molar-refractivity contribution in [2.45, 2.75) is 38.1 Å². The van der Waals surface area contributed by atoms with Crippen LogP contribution < -0.4 is 5.32 Å². The maximum absolute atomic E-state index is 12.2. The highest BCUT2D eigenvalue weighted by atomic mass is 35.5. The summed E-state index contributed by atoms with van der Waals surface area (Å²) in [4.78, 5) is 14.7. The minimum absolute atomic E-state index is 0.156. The highest BCUT2D eigenvalue weighted by Crippen LogP contribution is 2.17. The molecule has 1 amide bonds. The fraction of sp³-hybridized carbons (Fsp3) is 0.409. The first-order chi connectivity index (χ1) is 13.1. The topological polar surface area (TPSA) is 32.3 Å². The molecule has 1 heterocycles. The molecule has 1 aliphatic rings. The van der Waals surface area contributed by atoms with Gasteiger partial charge in [0.25, 0.3) is 0 Å². The lowest BCUT2D eigenvalue weighted by Gasteiger charge is -2.32. The fourth-order valence-corrected chi connectivity index (χ4v) is 4.33. The van der Waals surface area contributed by atoms with Gasteiger partial charge in [-0.2, -0.15) is 0 Å². The van der Waals surface area contributed by atoms with E-state index in [1.165, 1.54) is 16.7 Å². The largest absolute Gasteiger partial charge is 0.353 e. The van der Waals surface area contributed by atoms with Crippen molar-refractivity contribution >= 4 is 29.3 Å². The van der Waals surface area contributed by atoms with E-state index in [0.29, 0.717) is 11.8 Å². The van der Waals surface area contributed by atoms with Gasteiger partial charge in [0.2, 0.25) is 5.91 Å². The lowest BCUT2D eigenvalue weighted by molar-refractivity contribution is -0.119. The third kappa shape index (κ3) is 6.87. The van der Waals surface area contributed by atoms with Gasteiger partial charge < -0.3 is 5.32 Å². The summed E-state index contributed by atoms with van der Waals surface area (Å²) in [5, 5.41) is 3.98. The number of aryl methyl sites for hydroxylation is 1. The molecular weight excluding hydrogens is 376 g/mol. The Morgan fingerprint density at radius 2 is 1.89 bits per heavy atom. The third-order valence-electron chi connectivity index (χ3n) is 4.86. The number of benzene rings is 2. The standard InChI is InChI=1S/C22H27ClN2OS/c1-17-3-2-4-19(13-17)15-27-16-22(26)24-21-9-11-25(12-10-21)14-18-5-7-20(23)8-6-18/h2-8,13,21H,9-12,14-16H2,1H3,(H,24,26). The molecule has 144 valence electrons. The normalized spacial score (nSPS) is 15.6. The van der Waals surface area contributed by atoms with Gasteiger partial charge in [0.1, 0.15) is 0 Å². The Labute approximate surface area is 171 Å². The summed E-state index contributed by atoms with van der Waals surface area (Å²) in [6.07, 6.45) is 2.03. The van der Waals surface area contributed by atoms with E-state index in [1.807, 2.05) is 12.1 Å². The number of carbonyl (C=O) groups is 1. The van der Waals surface area contributed by atoms with Crippen LogP contribution in [-0.4, -0.2) is 35.7 Å². The van der Waals surface area contributed by atoms with Crippen LogP contribution in [0.4, 0.5) is 0 Å². The van der Waals surface area contributed by atoms with Crippen LogP contribution in [0.25, 0.3) is 0 Å². The number of rotatable bonds is 7. The monoisotopic (exact) mass is 402 g/mol. The second-order valence-corrected chi connectivity index (χ2v) is 8.65. The maximum atomic E-state index is 12.2. The lowest BCUT2D eigenvalue weighted by Crippen LogP contribution is -2.44. The van der Waals surface area contributed by atoms with E-state index >= 15 is 0 Å². The van der Waals surface area contributed by atoms with Crippen molar-refractivity contribution in [1.29, 1.82) is 0 Å². The molecule has 5 heteroatoms. The van der Waals surface area contributed by atoms with Crippen molar-refractivity contribution in [2.75, 3.05) is 18.8 Å². The molecule has 0 atom stereocenters. The van der Waals surface area contributed by atoms with Crippen molar-refractivity contribution in [3.05, 3.63) is 70.2 Å². The molecule has 0 aromatic heterocycles. The van der Waals surface area contributed by atoms with Crippen LogP contribution in [0.2, 0.25) is 5.02 Å². The second kappa shape index (κ2) is 10.2. The highest BCUT2D eigenvalue weighted by molar-refractivity contribution is 7.99. The minimum Gasteiger partial charge on any atom is -0.353 e. The smallest absolute Gasteiger partial charge is 0.230 e. The quantitative estimate of drug-likeness (QED) is 0.730. The summed E-state index contributed by atoms with van der Waals surface area (Å²) in [6, 6.07) is 16.8. The molecule has 1 N–H and O–H groups in total. The van der Waals surface area contributed by atoms with Gasteiger partial charge in [-0.3, -0.25) is 9.69 Å². The van der Waals surface area contributed by atoms with Crippen LogP contribution in [0, 0.1) is 6.92 Å². The fourth-order valence-electron chi connectivity index (χ4n) is 3.42. The maximum Gasteiger partial charge on any atom is 0.230 e. The van der Waals surface area contributed by atoms with Crippen LogP contribution >= 0.6 is 23.4 Å². The average molecular weight is 403 g/mol. The number of amides is 1. The molecule has 2 aromatic carbocycles. The molecule has 0 aliphatic carbocycles. The van der Waals surface area contributed by atoms with Crippen molar-refractivity contribution in [3.63, 3.8) is 0 Å². The lowest BCUT2D eigenvalue weighted by atomic mass is 10.0. The van der Waals surface area contributed by atoms with Gasteiger partial charge in [-0.1, -0.05) is 53.6 Å². The van der Waals surface area contributed by atoms with Crippen LogP contribution in [0.3, 0.4) is 0 Å². The predicted molar refractivity (Wildman–Crippen MR) is 115 cm³/mol. The number of hydrogen-bond acceptors (Lipinski definition) is 3. The van der Waals surface area contributed by atoms with Crippen LogP contribution in [0.15, 0.2) is 48.5 Å². The number of nitrogens with one attached hydrogen (secondary N) is 1. The van der Waals surface area contributed by atoms with Crippen LogP contribution in [-0.2, 0) is 17.1 Å². The summed E-state index contributed by atoms with van der Waals surface area (Å²) < 4.78 is 0. The number of likely N-dealkylation sites (tertiary alicyclic amines) is 1. The van der Waals surface area contributed by atoms with Crippen molar-refractivity contribution in [1.82, 2.24) is 10.2 Å². The van der Waals surface area contributed by atoms with Crippen LogP contribution in [0.1, 0.15) is 29.5 Å². The summed E-state index contributed by atoms with van der Waals surface area (Å²) in [5.41, 5.74) is 3.83. The zero-order valence-corrected chi connectivity index (χ0v) is 17.4. The van der Waals surface area contributed by atoms with Gasteiger partial charge >= 0.3 is 0 Å². The van der Waals surface area contributed by atoms with E-state index < -0.39 is 0 Å². The number of hydrogen-bond donors (Lipinski definition) is 1. The summed E-state index contributed by atoms with van der Waals surface area (Å²) >= 11 is 7.63. The van der Waals surface area contributed by atoms with E-state index in [4.69, 9.17) is 11.6 Å². The van der Waals surface area contributed by atoms with Gasteiger partial charge in [0, 0.05) is 36.5 Å². The molecule has 1 saturated heterocycles. The Kier molecular flexibility index (Phi) is 7.62. The number of piperidine rings is 1. The first kappa shape index (κ1) is 20.2. The van der Waals surface area contributed by atoms with E-state index in [2.05, 4.69) is 53.5 Å². The number of thioether (sulfide) groups is 1. The van der Waals surface area contributed by atoms with Crippen LogP contribution in [0.5, 0.6) is 0 Å². The number of nitrogens with zero attached hydrogens (tertiary/aromatic N) is 1. The molecular formula is C22H27ClN2OS. The summed E-state index contributed by atoms with van der Waals surface area (Å²) in [5.74, 6) is 1.57. The Morgan fingerprint density at radius 1 is 1.15 bits per heavy atom. The molecule has 3 nitrogen and oxygen atoms in total. The summed E-state index contributed by atoms with van der Waals surface area (Å²) in [7, 11) is 0. The van der Waals surface area contributed by atoms with Gasteiger partial charge in [0.05, 0.1) is 5.75 Å². The van der Waals surface area contributed by atoms with E-state index in [0.717, 1.165) is 43.3 Å². The second-order valence-electron chi connectivity index (χ2n) is 7.23. The minimum atomic E-state index is 0.156. The molecule has 1 fully saturated rings. The summed E-state index contributed by atoms with van der Waals surface area (Å²) in [6.45, 7) is 5.08. The van der Waals surface area contributed by atoms with E-state index in [1.54, 1.807) is 11.8 Å². The molecule has 2 aromatic rings. The zero-order chi connectivity index (χ0) is 19.1. The molecule has 0 bridgehead atoms. The van der Waals surface area contributed by atoms with Crippen molar-refractivity contribution < 1.29 is 4.79 Å². The highest BCUT2D eigenvalue weighted by Gasteiger charge is 2.20.